The Morgan fingerprint density at radius 1 is 1.07 bits per heavy atom. The number of nitrogens with zero attached hydrogens (tertiary/aromatic N) is 2. The molecule has 0 unspecified atom stereocenters. The van der Waals surface area contributed by atoms with E-state index in [9.17, 15) is 24.5 Å². The number of nitro benzene ring substituents is 1. The average molecular weight is 396 g/mol. The zero-order valence-corrected chi connectivity index (χ0v) is 16.3. The topological polar surface area (TPSA) is 107 Å². The molecule has 0 spiro atoms. The molecule has 0 N–H and O–H groups in total. The van der Waals surface area contributed by atoms with Crippen LogP contribution in [0.2, 0.25) is 0 Å². The Morgan fingerprint density at radius 3 is 2.41 bits per heavy atom. The monoisotopic (exact) mass is 396 g/mol. The number of para-hydroxylation sites is 1. The number of fused-ring (bicyclic) bond motifs is 1. The first-order chi connectivity index (χ1) is 13.6. The number of carbonyl (C=O) groups excluding carboxylic acids is 3. The number of benzene rings is 2. The highest BCUT2D eigenvalue weighted by molar-refractivity contribution is 6.23. The van der Waals surface area contributed by atoms with Gasteiger partial charge in [0, 0.05) is 18.2 Å². The Morgan fingerprint density at radius 2 is 1.76 bits per heavy atom. The Balaban J connectivity index is 1.72. The van der Waals surface area contributed by atoms with Gasteiger partial charge in [-0.15, -0.1) is 0 Å². The number of hydrogen-bond donors (Lipinski definition) is 0. The molecule has 1 aliphatic rings. The maximum atomic E-state index is 12.5. The molecule has 0 fully saturated rings. The largest absolute Gasteiger partial charge is 0.426 e. The summed E-state index contributed by atoms with van der Waals surface area (Å²) in [7, 11) is 0. The third-order valence-corrected chi connectivity index (χ3v) is 4.63. The van der Waals surface area contributed by atoms with Crippen LogP contribution in [0.5, 0.6) is 5.75 Å². The molecule has 0 radical (unpaired) electrons. The van der Waals surface area contributed by atoms with Crippen LogP contribution in [-0.2, 0) is 10.2 Å². The van der Waals surface area contributed by atoms with Gasteiger partial charge in [0.05, 0.1) is 16.9 Å². The number of rotatable bonds is 5. The smallest absolute Gasteiger partial charge is 0.313 e. The lowest BCUT2D eigenvalue weighted by atomic mass is 9.86. The third-order valence-electron chi connectivity index (χ3n) is 4.63. The summed E-state index contributed by atoms with van der Waals surface area (Å²) in [5.41, 5.74) is -0.0856. The molecule has 29 heavy (non-hydrogen) atoms. The van der Waals surface area contributed by atoms with Crippen molar-refractivity contribution >= 4 is 23.5 Å². The molecular weight excluding hydrogens is 376 g/mol. The number of ether oxygens (including phenoxy) is 1. The van der Waals surface area contributed by atoms with Crippen LogP contribution in [0.25, 0.3) is 0 Å². The summed E-state index contributed by atoms with van der Waals surface area (Å²) >= 11 is 0. The van der Waals surface area contributed by atoms with Crippen molar-refractivity contribution in [3.05, 3.63) is 69.3 Å². The first-order valence-electron chi connectivity index (χ1n) is 9.05. The van der Waals surface area contributed by atoms with Crippen molar-refractivity contribution in [1.82, 2.24) is 4.90 Å². The van der Waals surface area contributed by atoms with Gasteiger partial charge in [-0.2, -0.15) is 0 Å². The summed E-state index contributed by atoms with van der Waals surface area (Å²) in [6.45, 7) is 5.75. The molecule has 2 aromatic rings. The second kappa shape index (κ2) is 7.46. The maximum absolute atomic E-state index is 12.5. The van der Waals surface area contributed by atoms with E-state index in [4.69, 9.17) is 4.74 Å². The second-order valence-corrected chi connectivity index (χ2v) is 7.69. The van der Waals surface area contributed by atoms with Crippen molar-refractivity contribution in [1.29, 1.82) is 0 Å². The van der Waals surface area contributed by atoms with E-state index in [0.717, 1.165) is 10.5 Å². The minimum Gasteiger partial charge on any atom is -0.426 e. The summed E-state index contributed by atoms with van der Waals surface area (Å²) in [6.07, 6.45) is -0.224. The Hall–Kier alpha value is -3.55. The molecule has 8 heteroatoms. The molecule has 0 saturated heterocycles. The van der Waals surface area contributed by atoms with Gasteiger partial charge in [0.25, 0.3) is 17.5 Å². The van der Waals surface area contributed by atoms with Crippen LogP contribution in [0.15, 0.2) is 42.5 Å². The van der Waals surface area contributed by atoms with Gasteiger partial charge in [-0.25, -0.2) is 0 Å². The van der Waals surface area contributed by atoms with Gasteiger partial charge in [-0.1, -0.05) is 45.0 Å². The van der Waals surface area contributed by atoms with Crippen LogP contribution in [0, 0.1) is 10.1 Å². The predicted molar refractivity (Wildman–Crippen MR) is 104 cm³/mol. The SMILES string of the molecule is CC(C)(C)c1ccccc1OC(=O)CCN1C(=O)c2cccc([N+](=O)[O-])c2C1=O. The van der Waals surface area contributed by atoms with E-state index < -0.39 is 28.4 Å². The maximum Gasteiger partial charge on any atom is 0.313 e. The number of carbonyl (C=O) groups is 3. The molecule has 0 saturated carbocycles. The van der Waals surface area contributed by atoms with Crippen molar-refractivity contribution in [3.8, 4) is 5.75 Å². The van der Waals surface area contributed by atoms with Gasteiger partial charge in [0.2, 0.25) is 0 Å². The molecule has 150 valence electrons. The summed E-state index contributed by atoms with van der Waals surface area (Å²) in [5.74, 6) is -1.62. The van der Waals surface area contributed by atoms with Crippen molar-refractivity contribution in [3.63, 3.8) is 0 Å². The molecule has 1 heterocycles. The fourth-order valence-electron chi connectivity index (χ4n) is 3.22. The fourth-order valence-corrected chi connectivity index (χ4v) is 3.22. The summed E-state index contributed by atoms with van der Waals surface area (Å²) in [5, 5.41) is 11.2. The van der Waals surface area contributed by atoms with E-state index in [1.807, 2.05) is 32.9 Å². The van der Waals surface area contributed by atoms with Crippen LogP contribution in [0.3, 0.4) is 0 Å². The van der Waals surface area contributed by atoms with Gasteiger partial charge in [0.1, 0.15) is 11.3 Å². The first-order valence-corrected chi connectivity index (χ1v) is 9.05. The molecule has 2 aromatic carbocycles. The molecule has 2 amide bonds. The molecule has 8 nitrogen and oxygen atoms in total. The lowest BCUT2D eigenvalue weighted by molar-refractivity contribution is -0.385. The molecule has 3 rings (SSSR count). The van der Waals surface area contributed by atoms with Crippen molar-refractivity contribution < 1.29 is 24.0 Å². The molecule has 0 aromatic heterocycles. The average Bonchev–Trinajstić information content (AvgIpc) is 2.90. The fraction of sp³-hybridized carbons (Fsp3) is 0.286. The highest BCUT2D eigenvalue weighted by atomic mass is 16.6. The Labute approximate surface area is 167 Å². The van der Waals surface area contributed by atoms with Crippen molar-refractivity contribution in [2.24, 2.45) is 0 Å². The number of esters is 1. The van der Waals surface area contributed by atoms with Gasteiger partial charge < -0.3 is 4.74 Å². The normalized spacial score (nSPS) is 13.4. The number of nitro groups is 1. The van der Waals surface area contributed by atoms with Crippen LogP contribution in [-0.4, -0.2) is 34.2 Å². The lowest BCUT2D eigenvalue weighted by Gasteiger charge is -2.22. The van der Waals surface area contributed by atoms with Crippen LogP contribution >= 0.6 is 0 Å². The molecular formula is C21H20N2O6. The Bertz CT molecular complexity index is 1020. The second-order valence-electron chi connectivity index (χ2n) is 7.69. The molecule has 0 aliphatic carbocycles. The Kier molecular flexibility index (Phi) is 5.19. The van der Waals surface area contributed by atoms with E-state index >= 15 is 0 Å². The minimum atomic E-state index is -0.778. The van der Waals surface area contributed by atoms with E-state index in [-0.39, 0.29) is 29.5 Å². The zero-order chi connectivity index (χ0) is 21.3. The van der Waals surface area contributed by atoms with E-state index in [1.165, 1.54) is 18.2 Å². The van der Waals surface area contributed by atoms with Crippen molar-refractivity contribution in [2.75, 3.05) is 6.54 Å². The quantitative estimate of drug-likeness (QED) is 0.252. The van der Waals surface area contributed by atoms with Crippen LogP contribution < -0.4 is 4.74 Å². The van der Waals surface area contributed by atoms with Crippen LogP contribution in [0.1, 0.15) is 53.5 Å². The minimum absolute atomic E-state index is 0.0318. The van der Waals surface area contributed by atoms with Crippen molar-refractivity contribution in [2.45, 2.75) is 32.6 Å². The highest BCUT2D eigenvalue weighted by Crippen LogP contribution is 2.32. The van der Waals surface area contributed by atoms with Gasteiger partial charge in [0.15, 0.2) is 0 Å². The molecule has 1 aliphatic heterocycles. The number of hydrogen-bond acceptors (Lipinski definition) is 6. The summed E-state index contributed by atoms with van der Waals surface area (Å²) in [6, 6.07) is 11.0. The summed E-state index contributed by atoms with van der Waals surface area (Å²) < 4.78 is 5.44. The lowest BCUT2D eigenvalue weighted by Crippen LogP contribution is -2.32. The standard InChI is InChI=1S/C21H20N2O6/c1-21(2,3)14-8-4-5-10-16(14)29-17(24)11-12-22-19(25)13-7-6-9-15(23(27)28)18(13)20(22)26/h4-10H,11-12H2,1-3H3. The van der Waals surface area contributed by atoms with E-state index in [0.29, 0.717) is 5.75 Å². The van der Waals surface area contributed by atoms with Gasteiger partial charge >= 0.3 is 5.97 Å². The summed E-state index contributed by atoms with van der Waals surface area (Å²) in [4.78, 5) is 48.6. The van der Waals surface area contributed by atoms with Gasteiger partial charge in [-0.05, 0) is 17.5 Å². The highest BCUT2D eigenvalue weighted by Gasteiger charge is 2.40. The van der Waals surface area contributed by atoms with Gasteiger partial charge in [-0.3, -0.25) is 29.4 Å². The number of imide groups is 1. The predicted octanol–water partition coefficient (Wildman–Crippen LogP) is 3.48. The molecule has 0 atom stereocenters. The van der Waals surface area contributed by atoms with E-state index in [1.54, 1.807) is 12.1 Å². The van der Waals surface area contributed by atoms with Crippen LogP contribution in [0.4, 0.5) is 5.69 Å². The zero-order valence-electron chi connectivity index (χ0n) is 16.3. The third kappa shape index (κ3) is 3.87. The number of amides is 2. The van der Waals surface area contributed by atoms with E-state index in [2.05, 4.69) is 0 Å². The first kappa shape index (κ1) is 20.2. The molecule has 0 bridgehead atoms.